The number of likely N-dealkylation sites (tertiary alicyclic amines) is 2. The number of carbonyl (C=O) groups excluding carboxylic acids is 1. The Morgan fingerprint density at radius 2 is 2.07 bits per heavy atom. The molecule has 2 aliphatic heterocycles. The van der Waals surface area contributed by atoms with Crippen molar-refractivity contribution < 1.29 is 9.21 Å². The molecule has 3 heterocycles. The summed E-state index contributed by atoms with van der Waals surface area (Å²) in [6.45, 7) is 7.30. The predicted molar refractivity (Wildman–Crippen MR) is 106 cm³/mol. The Morgan fingerprint density at radius 1 is 1.15 bits per heavy atom. The number of piperidine rings is 1. The maximum atomic E-state index is 12.6. The molecular formula is C23H30N2O2. The van der Waals surface area contributed by atoms with Crippen LogP contribution in [0.2, 0.25) is 0 Å². The van der Waals surface area contributed by atoms with Crippen molar-refractivity contribution in [3.05, 3.63) is 59.5 Å². The van der Waals surface area contributed by atoms with E-state index >= 15 is 0 Å². The minimum Gasteiger partial charge on any atom is -0.469 e. The third-order valence-electron chi connectivity index (χ3n) is 6.19. The van der Waals surface area contributed by atoms with Crippen molar-refractivity contribution in [2.45, 2.75) is 45.6 Å². The fraction of sp³-hybridized carbons (Fsp3) is 0.522. The Hall–Kier alpha value is -2.07. The van der Waals surface area contributed by atoms with E-state index < -0.39 is 0 Å². The molecule has 2 aromatic rings. The summed E-state index contributed by atoms with van der Waals surface area (Å²) in [5.41, 5.74) is 3.02. The van der Waals surface area contributed by atoms with Gasteiger partial charge >= 0.3 is 0 Å². The van der Waals surface area contributed by atoms with Crippen LogP contribution >= 0.6 is 0 Å². The van der Waals surface area contributed by atoms with Crippen LogP contribution in [-0.2, 0) is 17.8 Å². The number of carbonyl (C=O) groups is 1. The molecule has 0 N–H and O–H groups in total. The second-order valence-corrected chi connectivity index (χ2v) is 8.45. The lowest BCUT2D eigenvalue weighted by molar-refractivity contribution is -0.130. The number of hydrogen-bond donors (Lipinski definition) is 0. The van der Waals surface area contributed by atoms with Crippen LogP contribution < -0.4 is 0 Å². The van der Waals surface area contributed by atoms with Crippen molar-refractivity contribution in [2.24, 2.45) is 5.41 Å². The van der Waals surface area contributed by atoms with E-state index in [0.29, 0.717) is 18.3 Å². The Kier molecular flexibility index (Phi) is 5.35. The first-order valence-electron chi connectivity index (χ1n) is 10.2. The highest BCUT2D eigenvalue weighted by atomic mass is 16.3. The van der Waals surface area contributed by atoms with Crippen molar-refractivity contribution in [3.8, 4) is 0 Å². The Balaban J connectivity index is 1.32. The molecule has 2 aliphatic rings. The standard InChI is InChI=1S/C23H30N2O2/c1-19-5-2-6-20(15-19)16-24-12-4-10-23(17-24)11-13-25(18-23)22(26)9-8-21-7-3-14-27-21/h2-3,5-7,14-15H,4,8-13,16-18H2,1H3/t23-/m0/s1. The average molecular weight is 367 g/mol. The summed E-state index contributed by atoms with van der Waals surface area (Å²) in [7, 11) is 0. The summed E-state index contributed by atoms with van der Waals surface area (Å²) in [5.74, 6) is 1.18. The van der Waals surface area contributed by atoms with Gasteiger partial charge in [0.1, 0.15) is 5.76 Å². The number of amides is 1. The van der Waals surface area contributed by atoms with Gasteiger partial charge in [0.2, 0.25) is 5.91 Å². The number of benzene rings is 1. The molecule has 0 radical (unpaired) electrons. The van der Waals surface area contributed by atoms with Crippen molar-refractivity contribution in [1.82, 2.24) is 9.80 Å². The lowest BCUT2D eigenvalue weighted by Crippen LogP contribution is -2.45. The molecule has 4 rings (SSSR count). The van der Waals surface area contributed by atoms with E-state index in [0.717, 1.165) is 38.4 Å². The molecule has 144 valence electrons. The summed E-state index contributed by atoms with van der Waals surface area (Å²) in [4.78, 5) is 17.3. The minimum absolute atomic E-state index is 0.277. The van der Waals surface area contributed by atoms with E-state index in [9.17, 15) is 4.79 Å². The van der Waals surface area contributed by atoms with Crippen molar-refractivity contribution in [2.75, 3.05) is 26.2 Å². The molecule has 1 aromatic heterocycles. The maximum absolute atomic E-state index is 12.6. The highest BCUT2D eigenvalue weighted by Crippen LogP contribution is 2.39. The Morgan fingerprint density at radius 3 is 2.89 bits per heavy atom. The van der Waals surface area contributed by atoms with Gasteiger partial charge in [-0.15, -0.1) is 0 Å². The van der Waals surface area contributed by atoms with Crippen LogP contribution in [0.3, 0.4) is 0 Å². The quantitative estimate of drug-likeness (QED) is 0.801. The molecule has 2 fully saturated rings. The third-order valence-corrected chi connectivity index (χ3v) is 6.19. The van der Waals surface area contributed by atoms with Crippen LogP contribution in [0.15, 0.2) is 47.1 Å². The molecule has 2 saturated heterocycles. The first kappa shape index (κ1) is 18.3. The van der Waals surface area contributed by atoms with Crippen molar-refractivity contribution in [1.29, 1.82) is 0 Å². The SMILES string of the molecule is Cc1cccc(CN2CCC[C@]3(CCN(C(=O)CCc4ccco4)C3)C2)c1. The third kappa shape index (κ3) is 4.44. The first-order chi connectivity index (χ1) is 13.1. The molecule has 0 unspecified atom stereocenters. The topological polar surface area (TPSA) is 36.7 Å². The molecular weight excluding hydrogens is 336 g/mol. The van der Waals surface area contributed by atoms with Crippen LogP contribution in [0.25, 0.3) is 0 Å². The maximum Gasteiger partial charge on any atom is 0.223 e. The van der Waals surface area contributed by atoms with E-state index in [1.807, 2.05) is 12.1 Å². The van der Waals surface area contributed by atoms with Gasteiger partial charge < -0.3 is 9.32 Å². The number of nitrogens with zero attached hydrogens (tertiary/aromatic N) is 2. The molecule has 0 saturated carbocycles. The van der Waals surface area contributed by atoms with Crippen LogP contribution in [0.4, 0.5) is 0 Å². The predicted octanol–water partition coefficient (Wildman–Crippen LogP) is 4.04. The van der Waals surface area contributed by atoms with Gasteiger partial charge in [0.15, 0.2) is 0 Å². The highest BCUT2D eigenvalue weighted by Gasteiger charge is 2.42. The zero-order valence-electron chi connectivity index (χ0n) is 16.3. The zero-order chi connectivity index (χ0) is 18.7. The van der Waals surface area contributed by atoms with Gasteiger partial charge in [0.25, 0.3) is 0 Å². The number of hydrogen-bond acceptors (Lipinski definition) is 3. The number of furan rings is 1. The number of rotatable bonds is 5. The molecule has 1 aromatic carbocycles. The van der Waals surface area contributed by atoms with Crippen LogP contribution in [0.5, 0.6) is 0 Å². The smallest absolute Gasteiger partial charge is 0.223 e. The second-order valence-electron chi connectivity index (χ2n) is 8.45. The lowest BCUT2D eigenvalue weighted by atomic mass is 9.79. The molecule has 1 atom stereocenters. The van der Waals surface area contributed by atoms with E-state index in [4.69, 9.17) is 4.42 Å². The van der Waals surface area contributed by atoms with Gasteiger partial charge in [0.05, 0.1) is 6.26 Å². The van der Waals surface area contributed by atoms with Gasteiger partial charge in [-0.1, -0.05) is 29.8 Å². The van der Waals surface area contributed by atoms with E-state index in [-0.39, 0.29) is 5.91 Å². The molecule has 0 bridgehead atoms. The molecule has 4 heteroatoms. The van der Waals surface area contributed by atoms with Gasteiger partial charge in [-0.2, -0.15) is 0 Å². The molecule has 27 heavy (non-hydrogen) atoms. The van der Waals surface area contributed by atoms with Crippen LogP contribution in [-0.4, -0.2) is 41.9 Å². The van der Waals surface area contributed by atoms with Crippen molar-refractivity contribution >= 4 is 5.91 Å². The van der Waals surface area contributed by atoms with Gasteiger partial charge in [-0.3, -0.25) is 9.69 Å². The largest absolute Gasteiger partial charge is 0.469 e. The lowest BCUT2D eigenvalue weighted by Gasteiger charge is -2.40. The monoisotopic (exact) mass is 366 g/mol. The summed E-state index contributed by atoms with van der Waals surface area (Å²) in [6, 6.07) is 12.7. The van der Waals surface area contributed by atoms with Crippen LogP contribution in [0.1, 0.15) is 42.6 Å². The van der Waals surface area contributed by atoms with E-state index in [2.05, 4.69) is 41.0 Å². The van der Waals surface area contributed by atoms with Crippen molar-refractivity contribution in [3.63, 3.8) is 0 Å². The molecule has 0 aliphatic carbocycles. The summed E-state index contributed by atoms with van der Waals surface area (Å²) in [6.07, 6.45) is 6.56. The van der Waals surface area contributed by atoms with Gasteiger partial charge in [0, 0.05) is 44.4 Å². The molecule has 4 nitrogen and oxygen atoms in total. The summed E-state index contributed by atoms with van der Waals surface area (Å²) in [5, 5.41) is 0. The zero-order valence-corrected chi connectivity index (χ0v) is 16.3. The normalized spacial score (nSPS) is 23.2. The number of aryl methyl sites for hydroxylation is 2. The van der Waals surface area contributed by atoms with Gasteiger partial charge in [-0.05, 0) is 50.4 Å². The second kappa shape index (κ2) is 7.89. The highest BCUT2D eigenvalue weighted by molar-refractivity contribution is 5.76. The molecule has 1 spiro atoms. The summed E-state index contributed by atoms with van der Waals surface area (Å²) < 4.78 is 5.36. The fourth-order valence-corrected chi connectivity index (χ4v) is 4.84. The average Bonchev–Trinajstić information content (AvgIpc) is 3.30. The first-order valence-corrected chi connectivity index (χ1v) is 10.2. The fourth-order valence-electron chi connectivity index (χ4n) is 4.84. The Bertz CT molecular complexity index is 770. The van der Waals surface area contributed by atoms with Gasteiger partial charge in [-0.25, -0.2) is 0 Å². The minimum atomic E-state index is 0.277. The van der Waals surface area contributed by atoms with E-state index in [1.165, 1.54) is 30.5 Å². The summed E-state index contributed by atoms with van der Waals surface area (Å²) >= 11 is 0. The molecule has 1 amide bonds. The van der Waals surface area contributed by atoms with E-state index in [1.54, 1.807) is 6.26 Å². The Labute approximate surface area is 162 Å². The van der Waals surface area contributed by atoms with Crippen LogP contribution in [0, 0.1) is 12.3 Å².